The summed E-state index contributed by atoms with van der Waals surface area (Å²) in [5.41, 5.74) is 1.28. The van der Waals surface area contributed by atoms with E-state index < -0.39 is 36.5 Å². The minimum atomic E-state index is -0.973. The van der Waals surface area contributed by atoms with Gasteiger partial charge < -0.3 is 20.3 Å². The molecule has 0 fully saturated rings. The van der Waals surface area contributed by atoms with E-state index in [1.54, 1.807) is 69.3 Å². The van der Waals surface area contributed by atoms with Crippen molar-refractivity contribution in [1.82, 2.24) is 5.32 Å². The minimum absolute atomic E-state index is 0.108. The molecule has 2 aromatic rings. The fourth-order valence-corrected chi connectivity index (χ4v) is 3.84. The number of halogens is 1. The largest absolute Gasteiger partial charge is 0.454 e. The molecule has 0 radical (unpaired) electrons. The van der Waals surface area contributed by atoms with Gasteiger partial charge in [-0.05, 0) is 37.1 Å². The summed E-state index contributed by atoms with van der Waals surface area (Å²) in [6.45, 7) is 4.73. The zero-order valence-corrected chi connectivity index (χ0v) is 19.4. The monoisotopic (exact) mass is 471 g/mol. The van der Waals surface area contributed by atoms with Crippen LogP contribution in [-0.2, 0) is 19.1 Å². The first-order valence-corrected chi connectivity index (χ1v) is 11.0. The van der Waals surface area contributed by atoms with Crippen molar-refractivity contribution in [1.29, 1.82) is 0 Å². The van der Waals surface area contributed by atoms with Crippen molar-refractivity contribution in [3.63, 3.8) is 0 Å². The molecular formula is C24H26ClN3O5. The maximum atomic E-state index is 13.0. The normalized spacial score (nSPS) is 16.3. The number of ether oxygens (including phenoxy) is 1. The molecule has 0 aromatic heterocycles. The third kappa shape index (κ3) is 5.70. The van der Waals surface area contributed by atoms with E-state index in [1.807, 2.05) is 0 Å². The molecule has 1 heterocycles. The third-order valence-corrected chi connectivity index (χ3v) is 5.62. The molecule has 174 valence electrons. The van der Waals surface area contributed by atoms with Gasteiger partial charge in [0, 0.05) is 12.5 Å². The predicted octanol–water partition coefficient (Wildman–Crippen LogP) is 3.40. The molecule has 33 heavy (non-hydrogen) atoms. The van der Waals surface area contributed by atoms with Crippen LogP contribution < -0.4 is 15.5 Å². The van der Waals surface area contributed by atoms with Gasteiger partial charge >= 0.3 is 5.97 Å². The fraction of sp³-hybridized carbons (Fsp3) is 0.333. The lowest BCUT2D eigenvalue weighted by molar-refractivity contribution is -0.150. The number of esters is 1. The molecular weight excluding hydrogens is 446 g/mol. The van der Waals surface area contributed by atoms with Gasteiger partial charge in [0.05, 0.1) is 22.0 Å². The molecule has 0 saturated carbocycles. The zero-order chi connectivity index (χ0) is 24.1. The highest BCUT2D eigenvalue weighted by Gasteiger charge is 2.32. The van der Waals surface area contributed by atoms with Gasteiger partial charge in [-0.25, -0.2) is 4.79 Å². The fourth-order valence-electron chi connectivity index (χ4n) is 3.62. The van der Waals surface area contributed by atoms with Gasteiger partial charge in [0.15, 0.2) is 6.61 Å². The summed E-state index contributed by atoms with van der Waals surface area (Å²) in [6.07, 6.45) is 0.108. The highest BCUT2D eigenvalue weighted by molar-refractivity contribution is 6.33. The van der Waals surface area contributed by atoms with Gasteiger partial charge in [-0.3, -0.25) is 14.4 Å². The van der Waals surface area contributed by atoms with E-state index in [9.17, 15) is 19.2 Å². The lowest BCUT2D eigenvalue weighted by Crippen LogP contribution is -2.47. The number of nitrogens with zero attached hydrogens (tertiary/aromatic N) is 1. The van der Waals surface area contributed by atoms with E-state index in [1.165, 1.54) is 4.90 Å². The van der Waals surface area contributed by atoms with Crippen LogP contribution in [0.5, 0.6) is 0 Å². The number of rotatable bonds is 6. The number of benzene rings is 2. The average molecular weight is 472 g/mol. The maximum absolute atomic E-state index is 13.0. The quantitative estimate of drug-likeness (QED) is 0.628. The van der Waals surface area contributed by atoms with Crippen LogP contribution in [-0.4, -0.2) is 42.4 Å². The van der Waals surface area contributed by atoms with Gasteiger partial charge in [-0.2, -0.15) is 0 Å². The Morgan fingerprint density at radius 2 is 1.82 bits per heavy atom. The molecule has 0 bridgehead atoms. The van der Waals surface area contributed by atoms with E-state index in [0.717, 1.165) is 0 Å². The van der Waals surface area contributed by atoms with Crippen molar-refractivity contribution in [2.24, 2.45) is 5.92 Å². The van der Waals surface area contributed by atoms with Crippen LogP contribution in [0.2, 0.25) is 5.02 Å². The standard InChI is InChI=1S/C24H26ClN3O5/c1-14(2)22(27-23(31)16-8-4-5-9-17(16)25)24(32)33-13-21(30)28-15(3)12-20(29)26-18-10-6-7-11-19(18)28/h4-11,14-15,22H,12-13H2,1-3H3,(H,26,29)(H,27,31). The number of nitrogens with one attached hydrogen (secondary N) is 2. The van der Waals surface area contributed by atoms with Crippen LogP contribution in [0.15, 0.2) is 48.5 Å². The lowest BCUT2D eigenvalue weighted by Gasteiger charge is -2.28. The molecule has 2 unspecified atom stereocenters. The van der Waals surface area contributed by atoms with Crippen molar-refractivity contribution in [3.8, 4) is 0 Å². The number of para-hydroxylation sites is 2. The first kappa shape index (κ1) is 24.3. The molecule has 3 rings (SSSR count). The Labute approximate surface area is 197 Å². The molecule has 0 spiro atoms. The predicted molar refractivity (Wildman–Crippen MR) is 125 cm³/mol. The summed E-state index contributed by atoms with van der Waals surface area (Å²) < 4.78 is 5.30. The maximum Gasteiger partial charge on any atom is 0.329 e. The Kier molecular flexibility index (Phi) is 7.71. The first-order valence-electron chi connectivity index (χ1n) is 10.6. The SMILES string of the molecule is CC(C)C(NC(=O)c1ccccc1Cl)C(=O)OCC(=O)N1c2ccccc2NC(=O)CC1C. The number of hydrogen-bond acceptors (Lipinski definition) is 5. The summed E-state index contributed by atoms with van der Waals surface area (Å²) in [5.74, 6) is -2.21. The van der Waals surface area contributed by atoms with Crippen molar-refractivity contribution < 1.29 is 23.9 Å². The number of hydrogen-bond donors (Lipinski definition) is 2. The van der Waals surface area contributed by atoms with E-state index >= 15 is 0 Å². The second kappa shape index (κ2) is 10.5. The smallest absolute Gasteiger partial charge is 0.329 e. The molecule has 2 aromatic carbocycles. The second-order valence-corrected chi connectivity index (χ2v) is 8.57. The zero-order valence-electron chi connectivity index (χ0n) is 18.6. The molecule has 9 heteroatoms. The van der Waals surface area contributed by atoms with Crippen LogP contribution >= 0.6 is 11.6 Å². The van der Waals surface area contributed by atoms with E-state index in [2.05, 4.69) is 10.6 Å². The van der Waals surface area contributed by atoms with E-state index in [-0.39, 0.29) is 28.8 Å². The molecule has 8 nitrogen and oxygen atoms in total. The Balaban J connectivity index is 1.70. The summed E-state index contributed by atoms with van der Waals surface area (Å²) in [5, 5.41) is 5.68. The minimum Gasteiger partial charge on any atom is -0.454 e. The van der Waals surface area contributed by atoms with E-state index in [4.69, 9.17) is 16.3 Å². The lowest BCUT2D eigenvalue weighted by atomic mass is 10.0. The summed E-state index contributed by atoms with van der Waals surface area (Å²) in [4.78, 5) is 52.0. The highest BCUT2D eigenvalue weighted by atomic mass is 35.5. The van der Waals surface area contributed by atoms with Crippen LogP contribution in [0.25, 0.3) is 0 Å². The molecule has 3 amide bonds. The molecule has 0 aliphatic carbocycles. The first-order chi connectivity index (χ1) is 15.7. The van der Waals surface area contributed by atoms with Gasteiger partial charge in [-0.1, -0.05) is 49.7 Å². The number of fused-ring (bicyclic) bond motifs is 1. The van der Waals surface area contributed by atoms with Crippen molar-refractivity contribution >= 4 is 46.7 Å². The Morgan fingerprint density at radius 1 is 1.15 bits per heavy atom. The molecule has 2 atom stereocenters. The topological polar surface area (TPSA) is 105 Å². The van der Waals surface area contributed by atoms with E-state index in [0.29, 0.717) is 11.4 Å². The summed E-state index contributed by atoms with van der Waals surface area (Å²) in [7, 11) is 0. The number of carbonyl (C=O) groups excluding carboxylic acids is 4. The average Bonchev–Trinajstić information content (AvgIpc) is 2.89. The Bertz CT molecular complexity index is 1070. The van der Waals surface area contributed by atoms with Crippen molar-refractivity contribution in [2.75, 3.05) is 16.8 Å². The van der Waals surface area contributed by atoms with Crippen LogP contribution in [0.3, 0.4) is 0 Å². The van der Waals surface area contributed by atoms with Crippen molar-refractivity contribution in [2.45, 2.75) is 39.3 Å². The molecule has 0 saturated heterocycles. The number of amides is 3. The number of anilines is 2. The van der Waals surface area contributed by atoms with Crippen LogP contribution in [0.4, 0.5) is 11.4 Å². The Morgan fingerprint density at radius 3 is 2.52 bits per heavy atom. The van der Waals surface area contributed by atoms with Gasteiger partial charge in [0.2, 0.25) is 5.91 Å². The van der Waals surface area contributed by atoms with Crippen molar-refractivity contribution in [3.05, 3.63) is 59.1 Å². The summed E-state index contributed by atoms with van der Waals surface area (Å²) >= 11 is 6.07. The second-order valence-electron chi connectivity index (χ2n) is 8.16. The van der Waals surface area contributed by atoms with Crippen LogP contribution in [0, 0.1) is 5.92 Å². The highest BCUT2D eigenvalue weighted by Crippen LogP contribution is 2.31. The third-order valence-electron chi connectivity index (χ3n) is 5.29. The van der Waals surface area contributed by atoms with Gasteiger partial charge in [0.1, 0.15) is 6.04 Å². The summed E-state index contributed by atoms with van der Waals surface area (Å²) in [6, 6.07) is 12.0. The molecule has 1 aliphatic heterocycles. The Hall–Kier alpha value is -3.39. The number of carbonyl (C=O) groups is 4. The van der Waals surface area contributed by atoms with Crippen LogP contribution in [0.1, 0.15) is 37.6 Å². The van der Waals surface area contributed by atoms with Gasteiger partial charge in [-0.15, -0.1) is 0 Å². The molecule has 2 N–H and O–H groups in total. The van der Waals surface area contributed by atoms with Gasteiger partial charge in [0.25, 0.3) is 11.8 Å². The molecule has 1 aliphatic rings.